The van der Waals surface area contributed by atoms with E-state index in [9.17, 15) is 4.79 Å². The zero-order valence-electron chi connectivity index (χ0n) is 17.5. The molecule has 156 valence electrons. The van der Waals surface area contributed by atoms with Crippen molar-refractivity contribution in [3.05, 3.63) is 102 Å². The molecule has 0 atom stereocenters. The Hall–Kier alpha value is -4.32. The Balaban J connectivity index is 1.58. The van der Waals surface area contributed by atoms with Crippen LogP contribution in [0, 0.1) is 0 Å². The standard InChI is InChI=1S/C26H21N5O/c1-27-26(32)19-13-11-18(12-14-19)24-25(17-7-3-2-4-8-17)31-30-23(29-24)15-20-16-28-22-10-6-5-9-21(20)22/h2-14,16,28H,15H2,1H3,(H,27,32). The van der Waals surface area contributed by atoms with Crippen LogP contribution in [-0.2, 0) is 6.42 Å². The lowest BCUT2D eigenvalue weighted by atomic mass is 10.0. The van der Waals surface area contributed by atoms with E-state index in [1.807, 2.05) is 60.8 Å². The number of H-pyrrole nitrogens is 1. The molecule has 2 aromatic heterocycles. The summed E-state index contributed by atoms with van der Waals surface area (Å²) in [6.45, 7) is 0. The van der Waals surface area contributed by atoms with Crippen LogP contribution in [0.4, 0.5) is 0 Å². The summed E-state index contributed by atoms with van der Waals surface area (Å²) in [7, 11) is 1.62. The van der Waals surface area contributed by atoms with E-state index in [1.54, 1.807) is 19.2 Å². The Morgan fingerprint density at radius 1 is 0.844 bits per heavy atom. The number of aromatic nitrogens is 4. The summed E-state index contributed by atoms with van der Waals surface area (Å²) in [6.07, 6.45) is 2.56. The van der Waals surface area contributed by atoms with Crippen LogP contribution in [0.5, 0.6) is 0 Å². The van der Waals surface area contributed by atoms with Gasteiger partial charge in [0.2, 0.25) is 0 Å². The van der Waals surface area contributed by atoms with E-state index in [2.05, 4.69) is 32.6 Å². The van der Waals surface area contributed by atoms with Gasteiger partial charge in [-0.1, -0.05) is 60.7 Å². The minimum atomic E-state index is -0.124. The summed E-state index contributed by atoms with van der Waals surface area (Å²) < 4.78 is 0. The number of hydrogen-bond donors (Lipinski definition) is 2. The van der Waals surface area contributed by atoms with E-state index in [1.165, 1.54) is 0 Å². The van der Waals surface area contributed by atoms with Crippen molar-refractivity contribution in [2.45, 2.75) is 6.42 Å². The first-order valence-electron chi connectivity index (χ1n) is 10.4. The van der Waals surface area contributed by atoms with Gasteiger partial charge in [-0.15, -0.1) is 10.2 Å². The minimum Gasteiger partial charge on any atom is -0.361 e. The molecular weight excluding hydrogens is 398 g/mol. The average molecular weight is 419 g/mol. The number of fused-ring (bicyclic) bond motifs is 1. The molecule has 0 aliphatic carbocycles. The van der Waals surface area contributed by atoms with Crippen LogP contribution in [0.3, 0.4) is 0 Å². The number of aromatic amines is 1. The number of amides is 1. The summed E-state index contributed by atoms with van der Waals surface area (Å²) >= 11 is 0. The molecule has 6 nitrogen and oxygen atoms in total. The highest BCUT2D eigenvalue weighted by Crippen LogP contribution is 2.29. The van der Waals surface area contributed by atoms with Gasteiger partial charge >= 0.3 is 0 Å². The molecule has 0 spiro atoms. The number of benzene rings is 3. The summed E-state index contributed by atoms with van der Waals surface area (Å²) in [6, 6.07) is 25.5. The first-order valence-corrected chi connectivity index (χ1v) is 10.4. The number of nitrogens with one attached hydrogen (secondary N) is 2. The monoisotopic (exact) mass is 419 g/mol. The van der Waals surface area contributed by atoms with Crippen LogP contribution >= 0.6 is 0 Å². The van der Waals surface area contributed by atoms with Crippen molar-refractivity contribution in [3.8, 4) is 22.5 Å². The Kier molecular flexibility index (Phi) is 5.17. The largest absolute Gasteiger partial charge is 0.361 e. The van der Waals surface area contributed by atoms with Crippen LogP contribution in [0.25, 0.3) is 33.4 Å². The molecule has 3 aromatic carbocycles. The highest BCUT2D eigenvalue weighted by molar-refractivity contribution is 5.94. The maximum atomic E-state index is 11.9. The molecule has 1 amide bonds. The second-order valence-corrected chi connectivity index (χ2v) is 7.48. The SMILES string of the molecule is CNC(=O)c1ccc(-c2nc(Cc3c[nH]c4ccccc34)nnc2-c2ccccc2)cc1. The second-order valence-electron chi connectivity index (χ2n) is 7.48. The topological polar surface area (TPSA) is 83.6 Å². The molecule has 0 aliphatic rings. The first kappa shape index (κ1) is 19.6. The second kappa shape index (κ2) is 8.43. The van der Waals surface area contributed by atoms with Gasteiger partial charge in [0.05, 0.1) is 0 Å². The fourth-order valence-corrected chi connectivity index (χ4v) is 3.80. The van der Waals surface area contributed by atoms with Crippen LogP contribution in [-0.4, -0.2) is 33.1 Å². The third-order valence-electron chi connectivity index (χ3n) is 5.45. The fourth-order valence-electron chi connectivity index (χ4n) is 3.80. The van der Waals surface area contributed by atoms with E-state index >= 15 is 0 Å². The normalized spacial score (nSPS) is 10.9. The number of rotatable bonds is 5. The van der Waals surface area contributed by atoms with Gasteiger partial charge in [0.25, 0.3) is 5.91 Å². The number of para-hydroxylation sites is 1. The van der Waals surface area contributed by atoms with Gasteiger partial charge < -0.3 is 10.3 Å². The van der Waals surface area contributed by atoms with Crippen LogP contribution in [0.2, 0.25) is 0 Å². The minimum absolute atomic E-state index is 0.124. The molecule has 2 heterocycles. The lowest BCUT2D eigenvalue weighted by molar-refractivity contribution is 0.0963. The number of nitrogens with zero attached hydrogens (tertiary/aromatic N) is 3. The summed E-state index contributed by atoms with van der Waals surface area (Å²) in [5.74, 6) is 0.514. The van der Waals surface area contributed by atoms with Gasteiger partial charge in [0.1, 0.15) is 11.4 Å². The summed E-state index contributed by atoms with van der Waals surface area (Å²) in [4.78, 5) is 20.1. The Bertz CT molecular complexity index is 1390. The molecule has 0 fully saturated rings. The van der Waals surface area contributed by atoms with Crippen molar-refractivity contribution in [2.24, 2.45) is 0 Å². The molecule has 0 bridgehead atoms. The molecule has 0 saturated carbocycles. The van der Waals surface area contributed by atoms with Crippen LogP contribution in [0.1, 0.15) is 21.7 Å². The van der Waals surface area contributed by atoms with E-state index in [4.69, 9.17) is 4.98 Å². The van der Waals surface area contributed by atoms with Gasteiger partial charge in [-0.2, -0.15) is 0 Å². The first-order chi connectivity index (χ1) is 15.7. The maximum Gasteiger partial charge on any atom is 0.251 e. The van der Waals surface area contributed by atoms with Crippen molar-refractivity contribution in [2.75, 3.05) is 7.05 Å². The fraction of sp³-hybridized carbons (Fsp3) is 0.0769. The van der Waals surface area contributed by atoms with Crippen molar-refractivity contribution in [3.63, 3.8) is 0 Å². The molecule has 5 rings (SSSR count). The molecule has 0 aliphatic heterocycles. The zero-order chi connectivity index (χ0) is 21.9. The van der Waals surface area contributed by atoms with Gasteiger partial charge in [0.15, 0.2) is 5.82 Å². The highest BCUT2D eigenvalue weighted by atomic mass is 16.1. The van der Waals surface area contributed by atoms with Gasteiger partial charge in [-0.25, -0.2) is 4.98 Å². The molecule has 6 heteroatoms. The third kappa shape index (κ3) is 3.74. The van der Waals surface area contributed by atoms with Gasteiger partial charge in [-0.05, 0) is 23.8 Å². The van der Waals surface area contributed by atoms with E-state index in [0.717, 1.165) is 33.3 Å². The molecule has 0 saturated heterocycles. The predicted molar refractivity (Wildman–Crippen MR) is 125 cm³/mol. The number of carbonyl (C=O) groups is 1. The van der Waals surface area contributed by atoms with E-state index in [-0.39, 0.29) is 5.91 Å². The third-order valence-corrected chi connectivity index (χ3v) is 5.45. The lowest BCUT2D eigenvalue weighted by Crippen LogP contribution is -2.17. The average Bonchev–Trinajstić information content (AvgIpc) is 3.27. The van der Waals surface area contributed by atoms with Gasteiger partial charge in [-0.3, -0.25) is 4.79 Å². The summed E-state index contributed by atoms with van der Waals surface area (Å²) in [5, 5.41) is 12.8. The smallest absolute Gasteiger partial charge is 0.251 e. The van der Waals surface area contributed by atoms with Crippen molar-refractivity contribution in [1.29, 1.82) is 0 Å². The Morgan fingerprint density at radius 2 is 1.56 bits per heavy atom. The molecular formula is C26H21N5O. The number of carbonyl (C=O) groups excluding carboxylic acids is 1. The highest BCUT2D eigenvalue weighted by Gasteiger charge is 2.15. The van der Waals surface area contributed by atoms with Crippen molar-refractivity contribution in [1.82, 2.24) is 25.5 Å². The van der Waals surface area contributed by atoms with Crippen LogP contribution in [0.15, 0.2) is 85.1 Å². The maximum absolute atomic E-state index is 11.9. The van der Waals surface area contributed by atoms with Crippen LogP contribution < -0.4 is 5.32 Å². The molecule has 2 N–H and O–H groups in total. The zero-order valence-corrected chi connectivity index (χ0v) is 17.5. The molecule has 32 heavy (non-hydrogen) atoms. The molecule has 0 radical (unpaired) electrons. The van der Waals surface area contributed by atoms with Gasteiger partial charge in [0, 0.05) is 47.3 Å². The Labute approximate surface area is 185 Å². The lowest BCUT2D eigenvalue weighted by Gasteiger charge is -2.10. The quantitative estimate of drug-likeness (QED) is 0.435. The van der Waals surface area contributed by atoms with Crippen molar-refractivity contribution >= 4 is 16.8 Å². The van der Waals surface area contributed by atoms with E-state index < -0.39 is 0 Å². The predicted octanol–water partition coefficient (Wildman–Crippen LogP) is 4.64. The molecule has 5 aromatic rings. The number of hydrogen-bond acceptors (Lipinski definition) is 4. The summed E-state index contributed by atoms with van der Waals surface area (Å²) in [5.41, 5.74) is 6.07. The van der Waals surface area contributed by atoms with E-state index in [0.29, 0.717) is 23.5 Å². The van der Waals surface area contributed by atoms with Crippen molar-refractivity contribution < 1.29 is 4.79 Å². The Morgan fingerprint density at radius 3 is 2.34 bits per heavy atom. The molecule has 0 unspecified atom stereocenters.